The molecule has 14 heavy (non-hydrogen) atoms. The monoisotopic (exact) mass is 248 g/mol. The van der Waals surface area contributed by atoms with Crippen molar-refractivity contribution in [3.8, 4) is 0 Å². The normalized spacial score (nSPS) is 15.1. The van der Waals surface area contributed by atoms with Gasteiger partial charge in [0.15, 0.2) is 0 Å². The Morgan fingerprint density at radius 2 is 2.14 bits per heavy atom. The fourth-order valence-electron chi connectivity index (χ4n) is 1.42. The molecule has 1 aliphatic rings. The van der Waals surface area contributed by atoms with Crippen LogP contribution in [-0.4, -0.2) is 9.40 Å². The molecule has 0 fully saturated rings. The molecular formula is C9H7Cl3N2. The Morgan fingerprint density at radius 3 is 2.86 bits per heavy atom. The molecule has 0 atom stereocenters. The van der Waals surface area contributed by atoms with Crippen molar-refractivity contribution in [3.63, 3.8) is 0 Å². The second-order valence-electron chi connectivity index (χ2n) is 3.10. The van der Waals surface area contributed by atoms with Crippen molar-refractivity contribution in [1.29, 1.82) is 0 Å². The summed E-state index contributed by atoms with van der Waals surface area (Å²) in [5.41, 5.74) is 2.87. The van der Waals surface area contributed by atoms with Crippen LogP contribution < -0.4 is 0 Å². The predicted molar refractivity (Wildman–Crippen MR) is 59.2 cm³/mol. The van der Waals surface area contributed by atoms with Crippen LogP contribution in [0.1, 0.15) is 16.7 Å². The summed E-state index contributed by atoms with van der Waals surface area (Å²) in [5.74, 6) is 0. The van der Waals surface area contributed by atoms with Gasteiger partial charge in [-0.25, -0.2) is 4.98 Å². The van der Waals surface area contributed by atoms with E-state index in [0.29, 0.717) is 16.7 Å². The molecule has 0 radical (unpaired) electrons. The smallest absolute Gasteiger partial charge is 0.132 e. The molecular weight excluding hydrogens is 242 g/mol. The van der Waals surface area contributed by atoms with Gasteiger partial charge in [-0.1, -0.05) is 23.2 Å². The molecule has 0 unspecified atom stereocenters. The second-order valence-corrected chi connectivity index (χ2v) is 4.30. The maximum absolute atomic E-state index is 6.02. The Bertz CT molecular complexity index is 415. The third-order valence-electron chi connectivity index (χ3n) is 2.21. The number of halogens is 3. The predicted octanol–water partition coefficient (Wildman–Crippen LogP) is 3.55. The minimum Gasteiger partial charge on any atom is -0.287 e. The maximum atomic E-state index is 6.02. The van der Waals surface area contributed by atoms with Gasteiger partial charge in [-0.05, 0) is 18.1 Å². The van der Waals surface area contributed by atoms with Crippen molar-refractivity contribution < 1.29 is 0 Å². The zero-order valence-electron chi connectivity index (χ0n) is 7.39. The summed E-state index contributed by atoms with van der Waals surface area (Å²) < 4.78 is 1.51. The second kappa shape index (κ2) is 3.61. The fourth-order valence-corrected chi connectivity index (χ4v) is 2.13. The highest BCUT2D eigenvalue weighted by Crippen LogP contribution is 2.33. The maximum Gasteiger partial charge on any atom is 0.132 e. The van der Waals surface area contributed by atoms with Gasteiger partial charge >= 0.3 is 0 Å². The first-order valence-electron chi connectivity index (χ1n) is 4.03. The van der Waals surface area contributed by atoms with Crippen LogP contribution in [0.25, 0.3) is 5.03 Å². The summed E-state index contributed by atoms with van der Waals surface area (Å²) in [5, 5.41) is 1.09. The quantitative estimate of drug-likeness (QED) is 0.516. The summed E-state index contributed by atoms with van der Waals surface area (Å²) in [7, 11) is 0. The lowest BCUT2D eigenvalue weighted by Crippen LogP contribution is -2.13. The highest BCUT2D eigenvalue weighted by atomic mass is 35.5. The van der Waals surface area contributed by atoms with E-state index in [1.165, 1.54) is 4.42 Å². The van der Waals surface area contributed by atoms with Gasteiger partial charge in [-0.3, -0.25) is 4.42 Å². The van der Waals surface area contributed by atoms with Gasteiger partial charge in [0.1, 0.15) is 5.15 Å². The van der Waals surface area contributed by atoms with E-state index >= 15 is 0 Å². The molecule has 0 bridgehead atoms. The first-order chi connectivity index (χ1) is 6.59. The first kappa shape index (κ1) is 10.1. The van der Waals surface area contributed by atoms with Gasteiger partial charge in [-0.15, -0.1) is 0 Å². The number of hydrogen-bond acceptors (Lipinski definition) is 2. The highest BCUT2D eigenvalue weighted by molar-refractivity contribution is 6.49. The molecule has 1 aromatic heterocycles. The molecule has 0 spiro atoms. The van der Waals surface area contributed by atoms with Gasteiger partial charge in [-0.2, -0.15) is 0 Å². The number of nitrogens with zero attached hydrogens (tertiary/aromatic N) is 2. The SMILES string of the molecule is Cc1c(Cl)ncc2c1CN(Cl)C=C2Cl. The Hall–Kier alpha value is -0.440. The van der Waals surface area contributed by atoms with Crippen LogP contribution in [0, 0.1) is 6.92 Å². The lowest BCUT2D eigenvalue weighted by Gasteiger charge is -2.22. The summed E-state index contributed by atoms with van der Waals surface area (Å²) in [6.45, 7) is 2.51. The van der Waals surface area contributed by atoms with Crippen LogP contribution in [0.15, 0.2) is 12.4 Å². The van der Waals surface area contributed by atoms with Crippen LogP contribution in [0.5, 0.6) is 0 Å². The third kappa shape index (κ3) is 1.58. The minimum atomic E-state index is 0.500. The van der Waals surface area contributed by atoms with Gasteiger partial charge in [0.05, 0.1) is 11.6 Å². The van der Waals surface area contributed by atoms with Crippen molar-refractivity contribution >= 4 is 40.0 Å². The molecule has 0 saturated heterocycles. The number of rotatable bonds is 0. The summed E-state index contributed by atoms with van der Waals surface area (Å²) in [6, 6.07) is 0. The molecule has 74 valence electrons. The molecule has 0 N–H and O–H groups in total. The number of aromatic nitrogens is 1. The van der Waals surface area contributed by atoms with Crippen LogP contribution >= 0.6 is 35.0 Å². The van der Waals surface area contributed by atoms with E-state index in [1.54, 1.807) is 12.4 Å². The minimum absolute atomic E-state index is 0.500. The molecule has 2 heterocycles. The molecule has 1 aliphatic heterocycles. The van der Waals surface area contributed by atoms with Gasteiger partial charge in [0.25, 0.3) is 0 Å². The van der Waals surface area contributed by atoms with Gasteiger partial charge in [0, 0.05) is 29.7 Å². The highest BCUT2D eigenvalue weighted by Gasteiger charge is 2.18. The average Bonchev–Trinajstić information content (AvgIpc) is 2.12. The standard InChI is InChI=1S/C9H7Cl3N2/c1-5-7-3-14(12)4-8(10)6(7)2-13-9(5)11/h2,4H,3H2,1H3. The summed E-state index contributed by atoms with van der Waals surface area (Å²) >= 11 is 17.8. The Balaban J connectivity index is 2.63. The number of pyridine rings is 1. The van der Waals surface area contributed by atoms with Gasteiger partial charge in [0.2, 0.25) is 0 Å². The van der Waals surface area contributed by atoms with Crippen molar-refractivity contribution in [3.05, 3.63) is 34.2 Å². The molecule has 1 aromatic rings. The molecule has 0 amide bonds. The zero-order chi connectivity index (χ0) is 10.3. The van der Waals surface area contributed by atoms with E-state index in [2.05, 4.69) is 4.98 Å². The topological polar surface area (TPSA) is 16.1 Å². The van der Waals surface area contributed by atoms with E-state index in [4.69, 9.17) is 35.0 Å². The summed E-state index contributed by atoms with van der Waals surface area (Å²) in [6.07, 6.45) is 3.34. The number of hydrogen-bond donors (Lipinski definition) is 0. The zero-order valence-corrected chi connectivity index (χ0v) is 9.66. The molecule has 2 rings (SSSR count). The van der Waals surface area contributed by atoms with E-state index < -0.39 is 0 Å². The largest absolute Gasteiger partial charge is 0.287 e. The van der Waals surface area contributed by atoms with Gasteiger partial charge < -0.3 is 0 Å². The summed E-state index contributed by atoms with van der Waals surface area (Å²) in [4.78, 5) is 4.05. The van der Waals surface area contributed by atoms with Crippen molar-refractivity contribution in [2.45, 2.75) is 13.5 Å². The van der Waals surface area contributed by atoms with Crippen LogP contribution in [0.2, 0.25) is 5.15 Å². The fraction of sp³-hybridized carbons (Fsp3) is 0.222. The van der Waals surface area contributed by atoms with E-state index in [0.717, 1.165) is 16.7 Å². The molecule has 5 heteroatoms. The number of fused-ring (bicyclic) bond motifs is 1. The van der Waals surface area contributed by atoms with Crippen LogP contribution in [0.3, 0.4) is 0 Å². The third-order valence-corrected chi connectivity index (χ3v) is 3.11. The average molecular weight is 250 g/mol. The van der Waals surface area contributed by atoms with E-state index in [-0.39, 0.29) is 0 Å². The van der Waals surface area contributed by atoms with Crippen molar-refractivity contribution in [1.82, 2.24) is 9.40 Å². The molecule has 2 nitrogen and oxygen atoms in total. The van der Waals surface area contributed by atoms with E-state index in [9.17, 15) is 0 Å². The van der Waals surface area contributed by atoms with E-state index in [1.807, 2.05) is 6.92 Å². The molecule has 0 aliphatic carbocycles. The molecule has 0 saturated carbocycles. The Morgan fingerprint density at radius 1 is 1.43 bits per heavy atom. The van der Waals surface area contributed by atoms with Crippen molar-refractivity contribution in [2.75, 3.05) is 0 Å². The lowest BCUT2D eigenvalue weighted by atomic mass is 10.0. The van der Waals surface area contributed by atoms with Crippen LogP contribution in [-0.2, 0) is 6.54 Å². The Kier molecular flexibility index (Phi) is 2.60. The Labute approximate surface area is 97.2 Å². The molecule has 0 aromatic carbocycles. The van der Waals surface area contributed by atoms with Crippen molar-refractivity contribution in [2.24, 2.45) is 0 Å². The first-order valence-corrected chi connectivity index (χ1v) is 5.13. The van der Waals surface area contributed by atoms with Crippen LogP contribution in [0.4, 0.5) is 0 Å². The lowest BCUT2D eigenvalue weighted by molar-refractivity contribution is 0.590.